The van der Waals surface area contributed by atoms with Gasteiger partial charge in [-0.3, -0.25) is 0 Å². The first-order valence-corrected chi connectivity index (χ1v) is 7.62. The molecular weight excluding hydrogens is 258 g/mol. The molecule has 0 saturated heterocycles. The summed E-state index contributed by atoms with van der Waals surface area (Å²) in [7, 11) is 0. The first-order chi connectivity index (χ1) is 10.2. The summed E-state index contributed by atoms with van der Waals surface area (Å²) in [5, 5.41) is 3.53. The average Bonchev–Trinajstić information content (AvgIpc) is 2.52. The van der Waals surface area contributed by atoms with Gasteiger partial charge in [0.1, 0.15) is 5.75 Å². The van der Waals surface area contributed by atoms with Crippen LogP contribution in [0.25, 0.3) is 0 Å². The van der Waals surface area contributed by atoms with Gasteiger partial charge in [0.25, 0.3) is 0 Å². The SMILES string of the molecule is CC(C)(CNCCCOc1ccccc1)c1ccccc1. The molecule has 0 unspecified atom stereocenters. The lowest BCUT2D eigenvalue weighted by atomic mass is 9.84. The standard InChI is InChI=1S/C19H25NO/c1-19(2,17-10-5-3-6-11-17)16-20-14-9-15-21-18-12-7-4-8-13-18/h3-8,10-13,20H,9,14-16H2,1-2H3. The second-order valence-electron chi connectivity index (χ2n) is 5.94. The fourth-order valence-electron chi connectivity index (χ4n) is 2.30. The Bertz CT molecular complexity index is 508. The molecule has 1 N–H and O–H groups in total. The van der Waals surface area contributed by atoms with Crippen LogP contribution in [-0.2, 0) is 5.41 Å². The highest BCUT2D eigenvalue weighted by molar-refractivity contribution is 5.24. The van der Waals surface area contributed by atoms with Crippen LogP contribution in [0.2, 0.25) is 0 Å². The molecule has 21 heavy (non-hydrogen) atoms. The van der Waals surface area contributed by atoms with Crippen molar-refractivity contribution in [2.45, 2.75) is 25.7 Å². The zero-order valence-electron chi connectivity index (χ0n) is 13.0. The summed E-state index contributed by atoms with van der Waals surface area (Å²) >= 11 is 0. The molecule has 2 nitrogen and oxygen atoms in total. The zero-order valence-corrected chi connectivity index (χ0v) is 13.0. The minimum Gasteiger partial charge on any atom is -0.494 e. The van der Waals surface area contributed by atoms with Gasteiger partial charge in [-0.1, -0.05) is 62.4 Å². The highest BCUT2D eigenvalue weighted by Crippen LogP contribution is 2.21. The van der Waals surface area contributed by atoms with Crippen LogP contribution in [0.3, 0.4) is 0 Å². The third-order valence-electron chi connectivity index (χ3n) is 3.63. The summed E-state index contributed by atoms with van der Waals surface area (Å²) in [4.78, 5) is 0. The molecule has 112 valence electrons. The van der Waals surface area contributed by atoms with Gasteiger partial charge in [-0.15, -0.1) is 0 Å². The second kappa shape index (κ2) is 7.84. The molecule has 2 aromatic rings. The van der Waals surface area contributed by atoms with Crippen molar-refractivity contribution in [1.82, 2.24) is 5.32 Å². The van der Waals surface area contributed by atoms with Gasteiger partial charge in [0.05, 0.1) is 6.61 Å². The molecule has 0 fully saturated rings. The van der Waals surface area contributed by atoms with Crippen LogP contribution in [0.15, 0.2) is 60.7 Å². The van der Waals surface area contributed by atoms with Gasteiger partial charge in [-0.2, -0.15) is 0 Å². The van der Waals surface area contributed by atoms with E-state index in [1.165, 1.54) is 5.56 Å². The van der Waals surface area contributed by atoms with Crippen LogP contribution >= 0.6 is 0 Å². The van der Waals surface area contributed by atoms with E-state index in [4.69, 9.17) is 4.74 Å². The summed E-state index contributed by atoms with van der Waals surface area (Å²) in [6.07, 6.45) is 1.01. The van der Waals surface area contributed by atoms with Crippen LogP contribution in [-0.4, -0.2) is 19.7 Å². The Labute approximate surface area is 128 Å². The fourth-order valence-corrected chi connectivity index (χ4v) is 2.30. The van der Waals surface area contributed by atoms with E-state index in [9.17, 15) is 0 Å². The lowest BCUT2D eigenvalue weighted by Gasteiger charge is -2.25. The van der Waals surface area contributed by atoms with Gasteiger partial charge in [0.2, 0.25) is 0 Å². The molecule has 0 bridgehead atoms. The highest BCUT2D eigenvalue weighted by atomic mass is 16.5. The average molecular weight is 283 g/mol. The zero-order chi connectivity index (χ0) is 15.0. The van der Waals surface area contributed by atoms with Crippen molar-refractivity contribution in [3.63, 3.8) is 0 Å². The third kappa shape index (κ3) is 5.24. The van der Waals surface area contributed by atoms with Crippen molar-refractivity contribution >= 4 is 0 Å². The minimum absolute atomic E-state index is 0.154. The van der Waals surface area contributed by atoms with E-state index in [0.717, 1.165) is 31.9 Å². The Morgan fingerprint density at radius 1 is 0.905 bits per heavy atom. The molecule has 0 spiro atoms. The Morgan fingerprint density at radius 2 is 1.52 bits per heavy atom. The van der Waals surface area contributed by atoms with Crippen LogP contribution in [0.4, 0.5) is 0 Å². The van der Waals surface area contributed by atoms with Crippen molar-refractivity contribution in [3.05, 3.63) is 66.2 Å². The van der Waals surface area contributed by atoms with Crippen molar-refractivity contribution in [1.29, 1.82) is 0 Å². The van der Waals surface area contributed by atoms with Crippen molar-refractivity contribution in [2.75, 3.05) is 19.7 Å². The molecule has 2 heteroatoms. The summed E-state index contributed by atoms with van der Waals surface area (Å²) in [5.74, 6) is 0.946. The van der Waals surface area contributed by atoms with Gasteiger partial charge >= 0.3 is 0 Å². The molecule has 2 aromatic carbocycles. The van der Waals surface area contributed by atoms with E-state index in [1.54, 1.807) is 0 Å². The molecule has 0 aliphatic carbocycles. The van der Waals surface area contributed by atoms with E-state index in [1.807, 2.05) is 30.3 Å². The van der Waals surface area contributed by atoms with Gasteiger partial charge in [-0.25, -0.2) is 0 Å². The highest BCUT2D eigenvalue weighted by Gasteiger charge is 2.19. The Hall–Kier alpha value is -1.80. The van der Waals surface area contributed by atoms with Gasteiger partial charge < -0.3 is 10.1 Å². The predicted octanol–water partition coefficient (Wildman–Crippen LogP) is 4.02. The van der Waals surface area contributed by atoms with Crippen LogP contribution in [0.1, 0.15) is 25.8 Å². The van der Waals surface area contributed by atoms with Gasteiger partial charge in [0.15, 0.2) is 0 Å². The monoisotopic (exact) mass is 283 g/mol. The first-order valence-electron chi connectivity index (χ1n) is 7.62. The lowest BCUT2D eigenvalue weighted by molar-refractivity contribution is 0.305. The van der Waals surface area contributed by atoms with Crippen molar-refractivity contribution in [3.8, 4) is 5.75 Å². The summed E-state index contributed by atoms with van der Waals surface area (Å²) in [5.41, 5.74) is 1.53. The molecule has 0 amide bonds. The normalized spacial score (nSPS) is 11.3. The number of ether oxygens (including phenoxy) is 1. The molecule has 0 aliphatic rings. The number of nitrogens with one attached hydrogen (secondary N) is 1. The maximum absolute atomic E-state index is 5.68. The molecule has 0 radical (unpaired) electrons. The van der Waals surface area contributed by atoms with Crippen LogP contribution in [0.5, 0.6) is 5.75 Å². The van der Waals surface area contributed by atoms with Crippen molar-refractivity contribution in [2.24, 2.45) is 0 Å². The van der Waals surface area contributed by atoms with Gasteiger partial charge in [0, 0.05) is 12.0 Å². The smallest absolute Gasteiger partial charge is 0.119 e. The van der Waals surface area contributed by atoms with Crippen LogP contribution in [0, 0.1) is 0 Å². The number of hydrogen-bond donors (Lipinski definition) is 1. The molecule has 0 atom stereocenters. The minimum atomic E-state index is 0.154. The summed E-state index contributed by atoms with van der Waals surface area (Å²) in [6, 6.07) is 20.6. The largest absolute Gasteiger partial charge is 0.494 e. The number of rotatable bonds is 8. The topological polar surface area (TPSA) is 21.3 Å². The quantitative estimate of drug-likeness (QED) is 0.739. The van der Waals surface area contributed by atoms with Gasteiger partial charge in [-0.05, 0) is 30.7 Å². The molecular formula is C19H25NO. The van der Waals surface area contributed by atoms with E-state index >= 15 is 0 Å². The summed E-state index contributed by atoms with van der Waals surface area (Å²) in [6.45, 7) is 7.25. The number of benzene rings is 2. The fraction of sp³-hybridized carbons (Fsp3) is 0.368. The van der Waals surface area contributed by atoms with Crippen LogP contribution < -0.4 is 10.1 Å². The third-order valence-corrected chi connectivity index (χ3v) is 3.63. The maximum atomic E-state index is 5.68. The summed E-state index contributed by atoms with van der Waals surface area (Å²) < 4.78 is 5.68. The van der Waals surface area contributed by atoms with E-state index in [2.05, 4.69) is 49.5 Å². The Morgan fingerprint density at radius 3 is 2.19 bits per heavy atom. The first kappa shape index (κ1) is 15.6. The molecule has 0 saturated carbocycles. The Balaban J connectivity index is 1.63. The molecule has 2 rings (SSSR count). The van der Waals surface area contributed by atoms with E-state index in [0.29, 0.717) is 0 Å². The Kier molecular flexibility index (Phi) is 5.82. The van der Waals surface area contributed by atoms with E-state index < -0.39 is 0 Å². The predicted molar refractivity (Wildman–Crippen MR) is 88.9 cm³/mol. The molecule has 0 heterocycles. The molecule has 0 aromatic heterocycles. The maximum Gasteiger partial charge on any atom is 0.119 e. The molecule has 0 aliphatic heterocycles. The lowest BCUT2D eigenvalue weighted by Crippen LogP contribution is -2.33. The van der Waals surface area contributed by atoms with E-state index in [-0.39, 0.29) is 5.41 Å². The second-order valence-corrected chi connectivity index (χ2v) is 5.94. The number of hydrogen-bond acceptors (Lipinski definition) is 2. The number of para-hydroxylation sites is 1. The van der Waals surface area contributed by atoms with Crippen molar-refractivity contribution < 1.29 is 4.74 Å².